The highest BCUT2D eigenvalue weighted by Gasteiger charge is 2.15. The average Bonchev–Trinajstić information content (AvgIpc) is 2.43. The van der Waals surface area contributed by atoms with Crippen molar-refractivity contribution in [2.45, 2.75) is 64.3 Å². The molecule has 2 N–H and O–H groups in total. The van der Waals surface area contributed by atoms with E-state index in [-0.39, 0.29) is 5.91 Å². The number of amides is 1. The second-order valence-corrected chi connectivity index (χ2v) is 5.40. The van der Waals surface area contributed by atoms with E-state index in [1.165, 1.54) is 38.5 Å². The van der Waals surface area contributed by atoms with Crippen molar-refractivity contribution in [3.8, 4) is 0 Å². The Kier molecular flexibility index (Phi) is 9.72. The third kappa shape index (κ3) is 9.00. The van der Waals surface area contributed by atoms with Gasteiger partial charge in [0.05, 0.1) is 6.54 Å². The first-order valence-corrected chi connectivity index (χ1v) is 7.90. The maximum atomic E-state index is 11.7. The van der Waals surface area contributed by atoms with Gasteiger partial charge in [-0.25, -0.2) is 0 Å². The third-order valence-corrected chi connectivity index (χ3v) is 3.58. The van der Waals surface area contributed by atoms with Crippen LogP contribution in [-0.4, -0.2) is 38.3 Å². The molecule has 0 atom stereocenters. The number of ether oxygens (including phenoxy) is 1. The topological polar surface area (TPSA) is 50.4 Å². The molecule has 0 bridgehead atoms. The fraction of sp³-hybridized carbons (Fsp3) is 0.933. The lowest BCUT2D eigenvalue weighted by molar-refractivity contribution is -0.121. The zero-order valence-electron chi connectivity index (χ0n) is 12.4. The van der Waals surface area contributed by atoms with Crippen LogP contribution in [0.4, 0.5) is 0 Å². The monoisotopic (exact) mass is 270 g/mol. The van der Waals surface area contributed by atoms with E-state index in [0.717, 1.165) is 32.6 Å². The summed E-state index contributed by atoms with van der Waals surface area (Å²) < 4.78 is 5.27. The second kappa shape index (κ2) is 11.2. The van der Waals surface area contributed by atoms with Gasteiger partial charge in [0.2, 0.25) is 5.91 Å². The fourth-order valence-corrected chi connectivity index (χ4v) is 2.35. The standard InChI is InChI=1S/C15H30N2O2/c1-2-3-4-5-6-7-10-16-13-15(18)17-14-8-11-19-12-9-14/h14,16H,2-13H2,1H3,(H,17,18). The van der Waals surface area contributed by atoms with Gasteiger partial charge in [0, 0.05) is 19.3 Å². The van der Waals surface area contributed by atoms with Gasteiger partial charge in [0.1, 0.15) is 0 Å². The predicted molar refractivity (Wildman–Crippen MR) is 78.2 cm³/mol. The summed E-state index contributed by atoms with van der Waals surface area (Å²) in [7, 11) is 0. The van der Waals surface area contributed by atoms with Crippen molar-refractivity contribution in [3.63, 3.8) is 0 Å². The number of nitrogens with one attached hydrogen (secondary N) is 2. The van der Waals surface area contributed by atoms with Gasteiger partial charge in [0.15, 0.2) is 0 Å². The van der Waals surface area contributed by atoms with E-state index >= 15 is 0 Å². The van der Waals surface area contributed by atoms with Crippen LogP contribution in [0, 0.1) is 0 Å². The number of carbonyl (C=O) groups excluding carboxylic acids is 1. The summed E-state index contributed by atoms with van der Waals surface area (Å²) in [6, 6.07) is 0.317. The van der Waals surface area contributed by atoms with E-state index < -0.39 is 0 Å². The molecule has 4 heteroatoms. The molecule has 1 saturated heterocycles. The molecule has 0 aromatic heterocycles. The summed E-state index contributed by atoms with van der Waals surface area (Å²) in [6.07, 6.45) is 9.66. The smallest absolute Gasteiger partial charge is 0.234 e. The Hall–Kier alpha value is -0.610. The van der Waals surface area contributed by atoms with Crippen LogP contribution in [0.15, 0.2) is 0 Å². The zero-order valence-corrected chi connectivity index (χ0v) is 12.4. The van der Waals surface area contributed by atoms with Crippen LogP contribution in [0.5, 0.6) is 0 Å². The maximum Gasteiger partial charge on any atom is 0.234 e. The summed E-state index contributed by atoms with van der Waals surface area (Å²) in [5.74, 6) is 0.123. The van der Waals surface area contributed by atoms with Crippen molar-refractivity contribution in [2.75, 3.05) is 26.3 Å². The lowest BCUT2D eigenvalue weighted by atomic mass is 10.1. The summed E-state index contributed by atoms with van der Waals surface area (Å²) in [6.45, 7) is 5.19. The Morgan fingerprint density at radius 2 is 1.79 bits per heavy atom. The molecule has 19 heavy (non-hydrogen) atoms. The van der Waals surface area contributed by atoms with E-state index in [2.05, 4.69) is 17.6 Å². The highest BCUT2D eigenvalue weighted by molar-refractivity contribution is 5.78. The van der Waals surface area contributed by atoms with Crippen molar-refractivity contribution in [1.82, 2.24) is 10.6 Å². The first kappa shape index (κ1) is 16.4. The van der Waals surface area contributed by atoms with Gasteiger partial charge in [-0.3, -0.25) is 4.79 Å². The van der Waals surface area contributed by atoms with E-state index in [1.807, 2.05) is 0 Å². The van der Waals surface area contributed by atoms with Crippen LogP contribution in [0.3, 0.4) is 0 Å². The number of rotatable bonds is 10. The minimum Gasteiger partial charge on any atom is -0.381 e. The molecule has 4 nitrogen and oxygen atoms in total. The molecule has 1 rings (SSSR count). The van der Waals surface area contributed by atoms with Crippen molar-refractivity contribution < 1.29 is 9.53 Å². The molecule has 1 fully saturated rings. The van der Waals surface area contributed by atoms with Crippen molar-refractivity contribution in [1.29, 1.82) is 0 Å². The molecular weight excluding hydrogens is 240 g/mol. The summed E-state index contributed by atoms with van der Waals surface area (Å²) in [5.41, 5.74) is 0. The van der Waals surface area contributed by atoms with Crippen LogP contribution in [0.2, 0.25) is 0 Å². The lowest BCUT2D eigenvalue weighted by Crippen LogP contribution is -2.43. The summed E-state index contributed by atoms with van der Waals surface area (Å²) in [4.78, 5) is 11.7. The summed E-state index contributed by atoms with van der Waals surface area (Å²) in [5, 5.41) is 6.28. The first-order chi connectivity index (χ1) is 9.33. The van der Waals surface area contributed by atoms with Crippen LogP contribution < -0.4 is 10.6 Å². The zero-order chi connectivity index (χ0) is 13.8. The first-order valence-electron chi connectivity index (χ1n) is 7.90. The molecule has 1 aliphatic rings. The molecule has 0 radical (unpaired) electrons. The normalized spacial score (nSPS) is 16.5. The SMILES string of the molecule is CCCCCCCCNCC(=O)NC1CCOCC1. The predicted octanol–water partition coefficient (Wildman–Crippen LogP) is 2.23. The number of hydrogen-bond donors (Lipinski definition) is 2. The number of unbranched alkanes of at least 4 members (excludes halogenated alkanes) is 5. The van der Waals surface area contributed by atoms with E-state index in [4.69, 9.17) is 4.74 Å². The van der Waals surface area contributed by atoms with Crippen LogP contribution >= 0.6 is 0 Å². The quantitative estimate of drug-likeness (QED) is 0.599. The molecule has 0 aromatic rings. The van der Waals surface area contributed by atoms with Gasteiger partial charge in [-0.05, 0) is 25.8 Å². The number of carbonyl (C=O) groups is 1. The average molecular weight is 270 g/mol. The van der Waals surface area contributed by atoms with Crippen molar-refractivity contribution >= 4 is 5.91 Å². The van der Waals surface area contributed by atoms with Crippen LogP contribution in [0.1, 0.15) is 58.3 Å². The minimum absolute atomic E-state index is 0.123. The van der Waals surface area contributed by atoms with E-state index in [1.54, 1.807) is 0 Å². The lowest BCUT2D eigenvalue weighted by Gasteiger charge is -2.23. The minimum atomic E-state index is 0.123. The Bertz CT molecular complexity index is 228. The van der Waals surface area contributed by atoms with Gasteiger partial charge >= 0.3 is 0 Å². The fourth-order valence-electron chi connectivity index (χ4n) is 2.35. The van der Waals surface area contributed by atoms with E-state index in [9.17, 15) is 4.79 Å². The Morgan fingerprint density at radius 3 is 2.53 bits per heavy atom. The molecule has 1 aliphatic heterocycles. The maximum absolute atomic E-state index is 11.7. The summed E-state index contributed by atoms with van der Waals surface area (Å²) >= 11 is 0. The molecule has 1 amide bonds. The van der Waals surface area contributed by atoms with Gasteiger partial charge in [-0.1, -0.05) is 39.0 Å². The molecule has 0 unspecified atom stereocenters. The molecular formula is C15H30N2O2. The van der Waals surface area contributed by atoms with Gasteiger partial charge in [0.25, 0.3) is 0 Å². The molecule has 0 aliphatic carbocycles. The molecule has 0 spiro atoms. The second-order valence-electron chi connectivity index (χ2n) is 5.40. The van der Waals surface area contributed by atoms with Crippen LogP contribution in [0.25, 0.3) is 0 Å². The number of hydrogen-bond acceptors (Lipinski definition) is 3. The Balaban J connectivity index is 1.87. The molecule has 0 aromatic carbocycles. The Labute approximate surface area is 117 Å². The van der Waals surface area contributed by atoms with E-state index in [0.29, 0.717) is 12.6 Å². The van der Waals surface area contributed by atoms with Crippen molar-refractivity contribution in [3.05, 3.63) is 0 Å². The largest absolute Gasteiger partial charge is 0.381 e. The molecule has 0 saturated carbocycles. The molecule has 112 valence electrons. The van der Waals surface area contributed by atoms with Crippen molar-refractivity contribution in [2.24, 2.45) is 0 Å². The molecule has 1 heterocycles. The van der Waals surface area contributed by atoms with Gasteiger partial charge in [-0.15, -0.1) is 0 Å². The third-order valence-electron chi connectivity index (χ3n) is 3.58. The van der Waals surface area contributed by atoms with Gasteiger partial charge < -0.3 is 15.4 Å². The van der Waals surface area contributed by atoms with Gasteiger partial charge in [-0.2, -0.15) is 0 Å². The van der Waals surface area contributed by atoms with Crippen LogP contribution in [-0.2, 0) is 9.53 Å². The highest BCUT2D eigenvalue weighted by atomic mass is 16.5. The Morgan fingerprint density at radius 1 is 1.11 bits per heavy atom. The highest BCUT2D eigenvalue weighted by Crippen LogP contribution is 2.06.